The van der Waals surface area contributed by atoms with Gasteiger partial charge in [0.25, 0.3) is 0 Å². The standard InChI is InChI=1S/C15H21N3O3/c1-3-15(20)17-13-5-4-12(16-11(2)19)10-14(13)18-6-8-21-9-7-18/h4-5,10H,3,6-9H2,1-2H3,(H,16,19)(H,17,20). The molecule has 2 rings (SSSR count). The number of rotatable bonds is 4. The fourth-order valence-corrected chi connectivity index (χ4v) is 2.22. The smallest absolute Gasteiger partial charge is 0.224 e. The van der Waals surface area contributed by atoms with Gasteiger partial charge in [-0.25, -0.2) is 0 Å². The van der Waals surface area contributed by atoms with Gasteiger partial charge in [0.1, 0.15) is 0 Å². The van der Waals surface area contributed by atoms with Crippen LogP contribution in [0.4, 0.5) is 17.1 Å². The highest BCUT2D eigenvalue weighted by Gasteiger charge is 2.16. The van der Waals surface area contributed by atoms with Crippen molar-refractivity contribution in [2.24, 2.45) is 0 Å². The van der Waals surface area contributed by atoms with Crippen LogP contribution in [0.15, 0.2) is 18.2 Å². The molecule has 0 unspecified atom stereocenters. The van der Waals surface area contributed by atoms with Gasteiger partial charge in [-0.15, -0.1) is 0 Å². The molecule has 1 aromatic carbocycles. The number of carbonyl (C=O) groups is 2. The summed E-state index contributed by atoms with van der Waals surface area (Å²) in [6, 6.07) is 5.50. The van der Waals surface area contributed by atoms with Gasteiger partial charge in [-0.1, -0.05) is 6.92 Å². The van der Waals surface area contributed by atoms with Gasteiger partial charge in [-0.3, -0.25) is 9.59 Å². The summed E-state index contributed by atoms with van der Waals surface area (Å²) >= 11 is 0. The Morgan fingerprint density at radius 2 is 1.95 bits per heavy atom. The Morgan fingerprint density at radius 1 is 1.24 bits per heavy atom. The Balaban J connectivity index is 2.29. The lowest BCUT2D eigenvalue weighted by molar-refractivity contribution is -0.116. The van der Waals surface area contributed by atoms with Gasteiger partial charge in [0.2, 0.25) is 11.8 Å². The van der Waals surface area contributed by atoms with E-state index in [-0.39, 0.29) is 11.8 Å². The molecule has 1 saturated heterocycles. The summed E-state index contributed by atoms with van der Waals surface area (Å²) in [5.41, 5.74) is 2.39. The number of ether oxygens (including phenoxy) is 1. The molecule has 0 saturated carbocycles. The minimum Gasteiger partial charge on any atom is -0.378 e. The first-order valence-corrected chi connectivity index (χ1v) is 7.14. The van der Waals surface area contributed by atoms with Crippen LogP contribution in [0.25, 0.3) is 0 Å². The molecule has 114 valence electrons. The molecule has 21 heavy (non-hydrogen) atoms. The summed E-state index contributed by atoms with van der Waals surface area (Å²) < 4.78 is 5.36. The van der Waals surface area contributed by atoms with Crippen molar-refractivity contribution in [2.75, 3.05) is 41.8 Å². The molecule has 0 bridgehead atoms. The van der Waals surface area contributed by atoms with Gasteiger partial charge in [0.15, 0.2) is 0 Å². The lowest BCUT2D eigenvalue weighted by Gasteiger charge is -2.31. The summed E-state index contributed by atoms with van der Waals surface area (Å²) in [6.45, 7) is 6.13. The number of hydrogen-bond acceptors (Lipinski definition) is 4. The van der Waals surface area contributed by atoms with E-state index in [0.717, 1.165) is 30.2 Å². The van der Waals surface area contributed by atoms with Crippen LogP contribution < -0.4 is 15.5 Å². The zero-order valence-electron chi connectivity index (χ0n) is 12.4. The van der Waals surface area contributed by atoms with Crippen LogP contribution in [0.1, 0.15) is 20.3 Å². The van der Waals surface area contributed by atoms with Crippen molar-refractivity contribution < 1.29 is 14.3 Å². The minimum absolute atomic E-state index is 0.0308. The molecule has 1 fully saturated rings. The molecule has 2 N–H and O–H groups in total. The average molecular weight is 291 g/mol. The molecule has 0 aromatic heterocycles. The second-order valence-electron chi connectivity index (χ2n) is 4.91. The number of amides is 2. The highest BCUT2D eigenvalue weighted by molar-refractivity contribution is 5.96. The van der Waals surface area contributed by atoms with Gasteiger partial charge in [0.05, 0.1) is 24.6 Å². The zero-order chi connectivity index (χ0) is 15.2. The molecule has 1 aliphatic heterocycles. The van der Waals surface area contributed by atoms with Gasteiger partial charge in [-0.05, 0) is 18.2 Å². The topological polar surface area (TPSA) is 70.7 Å². The number of nitrogens with zero attached hydrogens (tertiary/aromatic N) is 1. The summed E-state index contributed by atoms with van der Waals surface area (Å²) in [7, 11) is 0. The molecule has 0 radical (unpaired) electrons. The second-order valence-corrected chi connectivity index (χ2v) is 4.91. The van der Waals surface area contributed by atoms with Crippen molar-refractivity contribution >= 4 is 28.9 Å². The Labute approximate surface area is 124 Å². The number of hydrogen-bond donors (Lipinski definition) is 2. The van der Waals surface area contributed by atoms with E-state index in [4.69, 9.17) is 4.74 Å². The normalized spacial score (nSPS) is 14.7. The summed E-state index contributed by atoms with van der Waals surface area (Å²) in [5.74, 6) is -0.148. The van der Waals surface area contributed by atoms with Crippen molar-refractivity contribution in [2.45, 2.75) is 20.3 Å². The largest absolute Gasteiger partial charge is 0.378 e. The van der Waals surface area contributed by atoms with Crippen LogP contribution in [0.3, 0.4) is 0 Å². The zero-order valence-corrected chi connectivity index (χ0v) is 12.4. The molecule has 2 amide bonds. The summed E-state index contributed by atoms with van der Waals surface area (Å²) in [6.07, 6.45) is 0.427. The van der Waals surface area contributed by atoms with Crippen molar-refractivity contribution in [1.82, 2.24) is 0 Å². The molecule has 1 aliphatic rings. The highest BCUT2D eigenvalue weighted by Crippen LogP contribution is 2.30. The predicted octanol–water partition coefficient (Wildman–Crippen LogP) is 1.83. The molecular weight excluding hydrogens is 270 g/mol. The molecule has 0 atom stereocenters. The summed E-state index contributed by atoms with van der Waals surface area (Å²) in [5, 5.41) is 5.67. The molecule has 0 spiro atoms. The fraction of sp³-hybridized carbons (Fsp3) is 0.467. The van der Waals surface area contributed by atoms with Gasteiger partial charge in [-0.2, -0.15) is 0 Å². The van der Waals surface area contributed by atoms with Crippen LogP contribution in [0, 0.1) is 0 Å². The molecule has 0 aliphatic carbocycles. The third-order valence-corrected chi connectivity index (χ3v) is 3.27. The molecule has 6 nitrogen and oxygen atoms in total. The second kappa shape index (κ2) is 7.08. The third-order valence-electron chi connectivity index (χ3n) is 3.27. The molecule has 1 aromatic rings. The Morgan fingerprint density at radius 3 is 2.57 bits per heavy atom. The van der Waals surface area contributed by atoms with Crippen LogP contribution in [0.2, 0.25) is 0 Å². The average Bonchev–Trinajstić information content (AvgIpc) is 2.49. The maximum atomic E-state index is 11.7. The van der Waals surface area contributed by atoms with E-state index in [1.54, 1.807) is 6.07 Å². The van der Waals surface area contributed by atoms with Gasteiger partial charge >= 0.3 is 0 Å². The number of anilines is 3. The Hall–Kier alpha value is -2.08. The first kappa shape index (κ1) is 15.3. The number of morpholine rings is 1. The Bertz CT molecular complexity index is 525. The van der Waals surface area contributed by atoms with Crippen LogP contribution in [0.5, 0.6) is 0 Å². The first-order chi connectivity index (χ1) is 10.1. The van der Waals surface area contributed by atoms with E-state index in [1.807, 2.05) is 19.1 Å². The first-order valence-electron chi connectivity index (χ1n) is 7.14. The van der Waals surface area contributed by atoms with Gasteiger partial charge in [0, 0.05) is 32.1 Å². The fourth-order valence-electron chi connectivity index (χ4n) is 2.22. The predicted molar refractivity (Wildman–Crippen MR) is 82.7 cm³/mol. The van der Waals surface area contributed by atoms with Crippen LogP contribution in [-0.2, 0) is 14.3 Å². The minimum atomic E-state index is -0.117. The summed E-state index contributed by atoms with van der Waals surface area (Å²) in [4.78, 5) is 25.0. The third kappa shape index (κ3) is 4.19. The monoisotopic (exact) mass is 291 g/mol. The number of carbonyl (C=O) groups excluding carboxylic acids is 2. The van der Waals surface area contributed by atoms with E-state index in [1.165, 1.54) is 6.92 Å². The molecule has 6 heteroatoms. The lowest BCUT2D eigenvalue weighted by Crippen LogP contribution is -2.36. The Kier molecular flexibility index (Phi) is 5.16. The molecule has 1 heterocycles. The highest BCUT2D eigenvalue weighted by atomic mass is 16.5. The maximum Gasteiger partial charge on any atom is 0.224 e. The number of nitrogens with one attached hydrogen (secondary N) is 2. The van der Waals surface area contributed by atoms with Crippen LogP contribution in [-0.4, -0.2) is 38.1 Å². The SMILES string of the molecule is CCC(=O)Nc1ccc(NC(C)=O)cc1N1CCOCC1. The van der Waals surface area contributed by atoms with E-state index in [9.17, 15) is 9.59 Å². The van der Waals surface area contributed by atoms with Crippen LogP contribution >= 0.6 is 0 Å². The van der Waals surface area contributed by atoms with Gasteiger partial charge < -0.3 is 20.3 Å². The lowest BCUT2D eigenvalue weighted by atomic mass is 10.2. The van der Waals surface area contributed by atoms with E-state index in [2.05, 4.69) is 15.5 Å². The molecular formula is C15H21N3O3. The maximum absolute atomic E-state index is 11.7. The van der Waals surface area contributed by atoms with Crippen molar-refractivity contribution in [3.63, 3.8) is 0 Å². The number of benzene rings is 1. The van der Waals surface area contributed by atoms with E-state index < -0.39 is 0 Å². The quantitative estimate of drug-likeness (QED) is 0.888. The van der Waals surface area contributed by atoms with Crippen molar-refractivity contribution in [3.05, 3.63) is 18.2 Å². The van der Waals surface area contributed by atoms with E-state index in [0.29, 0.717) is 19.6 Å². The van der Waals surface area contributed by atoms with E-state index >= 15 is 0 Å². The van der Waals surface area contributed by atoms with Crippen molar-refractivity contribution in [1.29, 1.82) is 0 Å². The van der Waals surface area contributed by atoms with Crippen molar-refractivity contribution in [3.8, 4) is 0 Å².